The molecule has 0 bridgehead atoms. The third-order valence-corrected chi connectivity index (χ3v) is 1.87. The van der Waals surface area contributed by atoms with Crippen LogP contribution in [0.4, 0.5) is 13.2 Å². The van der Waals surface area contributed by atoms with E-state index in [-0.39, 0.29) is 5.75 Å². The molecule has 0 aliphatic heterocycles. The molecule has 0 heterocycles. The molecule has 1 rings (SSSR count). The molecule has 1 amide bonds. The van der Waals surface area contributed by atoms with E-state index in [0.717, 1.165) is 18.2 Å². The van der Waals surface area contributed by atoms with Gasteiger partial charge in [0.1, 0.15) is 11.5 Å². The average molecular weight is 261 g/mol. The summed E-state index contributed by atoms with van der Waals surface area (Å²) in [5, 5.41) is 0. The molecule has 2 N–H and O–H groups in total. The van der Waals surface area contributed by atoms with Gasteiger partial charge in [0.15, 0.2) is 0 Å². The van der Waals surface area contributed by atoms with Gasteiger partial charge >= 0.3 is 6.36 Å². The lowest BCUT2D eigenvalue weighted by Crippen LogP contribution is -2.17. The Balaban J connectivity index is 3.00. The summed E-state index contributed by atoms with van der Waals surface area (Å²) >= 11 is 0. The maximum Gasteiger partial charge on any atom is 0.573 e. The Kier molecular flexibility index (Phi) is 4.19. The molecule has 4 nitrogen and oxygen atoms in total. The Hall–Kier alpha value is -2.18. The maximum absolute atomic E-state index is 12.0. The van der Waals surface area contributed by atoms with Gasteiger partial charge in [0.25, 0.3) is 0 Å². The van der Waals surface area contributed by atoms with Gasteiger partial charge in [-0.25, -0.2) is 0 Å². The SMILES string of the molecule is COc1cc(OC(F)(F)F)ccc1/C=C/C(N)=O. The van der Waals surface area contributed by atoms with Gasteiger partial charge in [-0.3, -0.25) is 4.79 Å². The summed E-state index contributed by atoms with van der Waals surface area (Å²) in [5.74, 6) is -0.947. The number of halogens is 3. The number of ether oxygens (including phenoxy) is 2. The molecular weight excluding hydrogens is 251 g/mol. The van der Waals surface area contributed by atoms with Crippen LogP contribution in [0, 0.1) is 0 Å². The molecule has 1 aromatic carbocycles. The van der Waals surface area contributed by atoms with Crippen molar-refractivity contribution in [1.82, 2.24) is 0 Å². The van der Waals surface area contributed by atoms with Crippen molar-refractivity contribution in [1.29, 1.82) is 0 Å². The molecule has 0 aromatic heterocycles. The van der Waals surface area contributed by atoms with Crippen LogP contribution in [-0.4, -0.2) is 19.4 Å². The summed E-state index contributed by atoms with van der Waals surface area (Å²) in [6.07, 6.45) is -2.36. The quantitative estimate of drug-likeness (QED) is 0.844. The molecule has 18 heavy (non-hydrogen) atoms. The Bertz CT molecular complexity index is 469. The van der Waals surface area contributed by atoms with Crippen molar-refractivity contribution in [3.63, 3.8) is 0 Å². The first-order chi connectivity index (χ1) is 8.31. The minimum absolute atomic E-state index is 0.134. The predicted molar refractivity (Wildman–Crippen MR) is 57.9 cm³/mol. The normalized spacial score (nSPS) is 11.6. The molecule has 0 spiro atoms. The molecule has 1 aromatic rings. The zero-order valence-electron chi connectivity index (χ0n) is 9.32. The van der Waals surface area contributed by atoms with Crippen LogP contribution < -0.4 is 15.2 Å². The van der Waals surface area contributed by atoms with Crippen LogP contribution in [0.25, 0.3) is 6.08 Å². The smallest absolute Gasteiger partial charge is 0.496 e. The van der Waals surface area contributed by atoms with Gasteiger partial charge in [0.2, 0.25) is 5.91 Å². The largest absolute Gasteiger partial charge is 0.573 e. The number of hydrogen-bond donors (Lipinski definition) is 1. The second kappa shape index (κ2) is 5.44. The zero-order chi connectivity index (χ0) is 13.8. The number of benzene rings is 1. The van der Waals surface area contributed by atoms with Crippen molar-refractivity contribution < 1.29 is 27.4 Å². The molecule has 0 aliphatic carbocycles. The summed E-state index contributed by atoms with van der Waals surface area (Å²) in [6.45, 7) is 0. The molecule has 0 saturated carbocycles. The first-order valence-electron chi connectivity index (χ1n) is 4.73. The van der Waals surface area contributed by atoms with Crippen LogP contribution in [0.5, 0.6) is 11.5 Å². The van der Waals surface area contributed by atoms with Crippen LogP contribution in [0.1, 0.15) is 5.56 Å². The van der Waals surface area contributed by atoms with E-state index in [1.165, 1.54) is 19.3 Å². The van der Waals surface area contributed by atoms with Crippen LogP contribution >= 0.6 is 0 Å². The Labute approximate surface area is 101 Å². The average Bonchev–Trinajstić information content (AvgIpc) is 2.24. The monoisotopic (exact) mass is 261 g/mol. The highest BCUT2D eigenvalue weighted by Gasteiger charge is 2.31. The number of primary amides is 1. The van der Waals surface area contributed by atoms with E-state index < -0.39 is 18.0 Å². The highest BCUT2D eigenvalue weighted by molar-refractivity contribution is 5.90. The van der Waals surface area contributed by atoms with E-state index >= 15 is 0 Å². The van der Waals surface area contributed by atoms with E-state index in [4.69, 9.17) is 10.5 Å². The van der Waals surface area contributed by atoms with Gasteiger partial charge in [0, 0.05) is 17.7 Å². The standard InChI is InChI=1S/C11H10F3NO3/c1-17-9-6-8(18-11(12,13)14)4-2-7(9)3-5-10(15)16/h2-6H,1H3,(H2,15,16)/b5-3+. The van der Waals surface area contributed by atoms with Gasteiger partial charge in [-0.15, -0.1) is 13.2 Å². The van der Waals surface area contributed by atoms with Crippen molar-refractivity contribution in [3.8, 4) is 11.5 Å². The van der Waals surface area contributed by atoms with E-state index in [1.807, 2.05) is 0 Å². The summed E-state index contributed by atoms with van der Waals surface area (Å²) in [4.78, 5) is 10.5. The minimum Gasteiger partial charge on any atom is -0.496 e. The van der Waals surface area contributed by atoms with Gasteiger partial charge in [-0.05, 0) is 18.2 Å². The number of nitrogens with two attached hydrogens (primary N) is 1. The van der Waals surface area contributed by atoms with Gasteiger partial charge < -0.3 is 15.2 Å². The highest BCUT2D eigenvalue weighted by atomic mass is 19.4. The van der Waals surface area contributed by atoms with Crippen molar-refractivity contribution in [2.75, 3.05) is 7.11 Å². The number of methoxy groups -OCH3 is 1. The Morgan fingerprint density at radius 2 is 2.06 bits per heavy atom. The second-order valence-electron chi connectivity index (χ2n) is 3.19. The molecule has 98 valence electrons. The number of carbonyl (C=O) groups is 1. The van der Waals surface area contributed by atoms with Crippen molar-refractivity contribution >= 4 is 12.0 Å². The lowest BCUT2D eigenvalue weighted by atomic mass is 10.1. The van der Waals surface area contributed by atoms with Crippen molar-refractivity contribution in [3.05, 3.63) is 29.8 Å². The fraction of sp³-hybridized carbons (Fsp3) is 0.182. The molecule has 0 radical (unpaired) electrons. The topological polar surface area (TPSA) is 61.6 Å². The highest BCUT2D eigenvalue weighted by Crippen LogP contribution is 2.29. The fourth-order valence-electron chi connectivity index (χ4n) is 1.20. The second-order valence-corrected chi connectivity index (χ2v) is 3.19. The molecule has 0 aliphatic rings. The van der Waals surface area contributed by atoms with Gasteiger partial charge in [0.05, 0.1) is 7.11 Å². The maximum atomic E-state index is 12.0. The minimum atomic E-state index is -4.77. The Morgan fingerprint density at radius 1 is 1.39 bits per heavy atom. The fourth-order valence-corrected chi connectivity index (χ4v) is 1.20. The first-order valence-corrected chi connectivity index (χ1v) is 4.73. The molecule has 0 unspecified atom stereocenters. The van der Waals surface area contributed by atoms with E-state index in [0.29, 0.717) is 5.56 Å². The summed E-state index contributed by atoms with van der Waals surface area (Å²) in [7, 11) is 1.29. The molecule has 0 atom stereocenters. The van der Waals surface area contributed by atoms with Crippen LogP contribution in [0.2, 0.25) is 0 Å². The van der Waals surface area contributed by atoms with Crippen LogP contribution in [0.3, 0.4) is 0 Å². The van der Waals surface area contributed by atoms with E-state index in [1.54, 1.807) is 0 Å². The number of carbonyl (C=O) groups excluding carboxylic acids is 1. The number of rotatable bonds is 4. The van der Waals surface area contributed by atoms with Crippen molar-refractivity contribution in [2.24, 2.45) is 5.73 Å². The first kappa shape index (κ1) is 13.9. The molecular formula is C11H10F3NO3. The number of amides is 1. The van der Waals surface area contributed by atoms with Crippen molar-refractivity contribution in [2.45, 2.75) is 6.36 Å². The molecule has 0 saturated heterocycles. The lowest BCUT2D eigenvalue weighted by molar-refractivity contribution is -0.274. The van der Waals surface area contributed by atoms with Gasteiger partial charge in [-0.1, -0.05) is 0 Å². The van der Waals surface area contributed by atoms with E-state index in [9.17, 15) is 18.0 Å². The number of hydrogen-bond acceptors (Lipinski definition) is 3. The summed E-state index contributed by atoms with van der Waals surface area (Å²) < 4.78 is 44.6. The van der Waals surface area contributed by atoms with Gasteiger partial charge in [-0.2, -0.15) is 0 Å². The lowest BCUT2D eigenvalue weighted by Gasteiger charge is -2.11. The van der Waals surface area contributed by atoms with Crippen LogP contribution in [0.15, 0.2) is 24.3 Å². The zero-order valence-corrected chi connectivity index (χ0v) is 9.32. The third kappa shape index (κ3) is 4.36. The summed E-state index contributed by atoms with van der Waals surface area (Å²) in [5.41, 5.74) is 5.31. The number of alkyl halides is 3. The Morgan fingerprint density at radius 3 is 2.56 bits per heavy atom. The molecule has 7 heteroatoms. The van der Waals surface area contributed by atoms with E-state index in [2.05, 4.69) is 4.74 Å². The van der Waals surface area contributed by atoms with Crippen LogP contribution in [-0.2, 0) is 4.79 Å². The summed E-state index contributed by atoms with van der Waals surface area (Å²) in [6, 6.07) is 3.49. The predicted octanol–water partition coefficient (Wildman–Crippen LogP) is 2.09. The molecule has 0 fully saturated rings. The third-order valence-electron chi connectivity index (χ3n) is 1.87.